The van der Waals surface area contributed by atoms with Gasteiger partial charge in [0, 0.05) is 19.0 Å². The molecule has 0 aromatic rings. The van der Waals surface area contributed by atoms with Crippen LogP contribution in [0.25, 0.3) is 0 Å². The molecule has 1 rings (SSSR count). The molecule has 1 aliphatic heterocycles. The molecule has 1 unspecified atom stereocenters. The predicted octanol–water partition coefficient (Wildman–Crippen LogP) is 0.176. The third-order valence-electron chi connectivity index (χ3n) is 6.67. The van der Waals surface area contributed by atoms with Gasteiger partial charge in [-0.05, 0) is 37.0 Å². The van der Waals surface area contributed by atoms with Gasteiger partial charge in [0.2, 0.25) is 11.7 Å². The van der Waals surface area contributed by atoms with Gasteiger partial charge >= 0.3 is 11.9 Å². The molecule has 0 radical (unpaired) electrons. The Balaban J connectivity index is 0.00000156. The molecule has 0 spiro atoms. The fourth-order valence-electron chi connectivity index (χ4n) is 3.85. The molecule has 224 valence electrons. The third kappa shape index (κ3) is 9.97. The highest BCUT2D eigenvalue weighted by Gasteiger charge is 2.47. The molecule has 1 fully saturated rings. The van der Waals surface area contributed by atoms with Crippen LogP contribution in [0.1, 0.15) is 74.1 Å². The summed E-state index contributed by atoms with van der Waals surface area (Å²) in [5.41, 5.74) is 17.2. The summed E-state index contributed by atoms with van der Waals surface area (Å²) >= 11 is 0. The Labute approximate surface area is 230 Å². The van der Waals surface area contributed by atoms with Crippen LogP contribution in [-0.2, 0) is 28.8 Å². The number of hydrogen-bond acceptors (Lipinski definition) is 9. The summed E-state index contributed by atoms with van der Waals surface area (Å²) in [6.45, 7) is 12.4. The van der Waals surface area contributed by atoms with Crippen molar-refractivity contribution in [2.45, 2.75) is 104 Å². The molecule has 8 N–H and O–H groups in total. The van der Waals surface area contributed by atoms with E-state index in [9.17, 15) is 33.9 Å². The number of Topliss-reactive ketones (excluding diaryl/α,β-unsaturated/α-hetero) is 1. The van der Waals surface area contributed by atoms with E-state index in [-0.39, 0.29) is 37.1 Å². The van der Waals surface area contributed by atoms with Crippen molar-refractivity contribution in [3.8, 4) is 0 Å². The van der Waals surface area contributed by atoms with Crippen molar-refractivity contribution in [2.24, 2.45) is 35.0 Å². The summed E-state index contributed by atoms with van der Waals surface area (Å²) in [6.07, 6.45) is 0.964. The fraction of sp³-hybridized carbons (Fsp3) is 0.769. The summed E-state index contributed by atoms with van der Waals surface area (Å²) in [6, 6.07) is -5.44. The zero-order chi connectivity index (χ0) is 30.8. The van der Waals surface area contributed by atoms with Crippen molar-refractivity contribution in [3.63, 3.8) is 0 Å². The Hall–Kier alpha value is -2.90. The van der Waals surface area contributed by atoms with Gasteiger partial charge in [0.25, 0.3) is 11.8 Å². The number of nitrogens with zero attached hydrogens (tertiary/aromatic N) is 2. The Morgan fingerprint density at radius 3 is 1.72 bits per heavy atom. The molecule has 0 saturated carbocycles. The molecule has 5 atom stereocenters. The van der Waals surface area contributed by atoms with E-state index >= 15 is 0 Å². The number of carbonyl (C=O) groups is 6. The number of rotatable bonds is 12. The molecule has 39 heavy (non-hydrogen) atoms. The summed E-state index contributed by atoms with van der Waals surface area (Å²) in [7, 11) is 0. The average molecular weight is 558 g/mol. The molecule has 13 nitrogen and oxygen atoms in total. The molecular formula is C26H47N5O8. The topological polar surface area (TPSA) is 227 Å². The first-order valence-corrected chi connectivity index (χ1v) is 13.3. The van der Waals surface area contributed by atoms with Crippen LogP contribution in [0.5, 0.6) is 0 Å². The number of carboxylic acid groups (broad SMARTS) is 2. The Kier molecular flexibility index (Phi) is 15.1. The Bertz CT molecular complexity index is 892. The van der Waals surface area contributed by atoms with E-state index in [0.29, 0.717) is 17.7 Å². The van der Waals surface area contributed by atoms with Crippen LogP contribution in [0.4, 0.5) is 0 Å². The van der Waals surface area contributed by atoms with Gasteiger partial charge < -0.3 is 32.3 Å². The summed E-state index contributed by atoms with van der Waals surface area (Å²) in [4.78, 5) is 75.4. The number of carboxylic acids is 2. The van der Waals surface area contributed by atoms with Crippen LogP contribution in [0.3, 0.4) is 0 Å². The number of imide groups is 1. The van der Waals surface area contributed by atoms with Gasteiger partial charge in [-0.2, -0.15) is 0 Å². The number of nitrogens with two attached hydrogens (primary N) is 3. The first kappa shape index (κ1) is 36.1. The monoisotopic (exact) mass is 557 g/mol. The van der Waals surface area contributed by atoms with Crippen LogP contribution in [0, 0.1) is 17.8 Å². The van der Waals surface area contributed by atoms with Crippen LogP contribution in [0.2, 0.25) is 0 Å². The lowest BCUT2D eigenvalue weighted by atomic mass is 9.94. The number of amides is 3. The summed E-state index contributed by atoms with van der Waals surface area (Å²) < 4.78 is 0. The Morgan fingerprint density at radius 2 is 1.36 bits per heavy atom. The number of carbonyl (C=O) groups excluding carboxylic acids is 4. The maximum absolute atomic E-state index is 13.5. The minimum atomic E-state index is -1.72. The van der Waals surface area contributed by atoms with Crippen molar-refractivity contribution in [1.29, 1.82) is 0 Å². The molecule has 1 saturated heterocycles. The minimum Gasteiger partial charge on any atom is -0.480 e. The van der Waals surface area contributed by atoms with Gasteiger partial charge in [-0.3, -0.25) is 28.9 Å². The molecule has 0 aromatic heterocycles. The molecule has 1 aliphatic rings. The fourth-order valence-corrected chi connectivity index (χ4v) is 3.85. The van der Waals surface area contributed by atoms with E-state index in [2.05, 4.69) is 0 Å². The lowest BCUT2D eigenvalue weighted by Crippen LogP contribution is -2.63. The number of hydrogen-bond donors (Lipinski definition) is 5. The SMILES string of the molecule is CC(C)[C@H](N)C(=O)O.CCCC(=O)C(=O)N(C(=O)[C@@H]1CCCN1C(=O)[C@@H](N)C(C)C)[C@@H](C(=O)O)C(N)C(C)C. The van der Waals surface area contributed by atoms with Crippen LogP contribution in [-0.4, -0.2) is 92.2 Å². The maximum atomic E-state index is 13.5. The first-order chi connectivity index (χ1) is 17.9. The summed E-state index contributed by atoms with van der Waals surface area (Å²) in [5.74, 6) is -6.38. The van der Waals surface area contributed by atoms with Gasteiger partial charge in [0.15, 0.2) is 6.04 Å². The molecule has 1 heterocycles. The highest BCUT2D eigenvalue weighted by atomic mass is 16.4. The lowest BCUT2D eigenvalue weighted by molar-refractivity contribution is -0.164. The van der Waals surface area contributed by atoms with E-state index in [0.717, 1.165) is 0 Å². The second-order valence-corrected chi connectivity index (χ2v) is 10.9. The van der Waals surface area contributed by atoms with Crippen LogP contribution < -0.4 is 17.2 Å². The zero-order valence-corrected chi connectivity index (χ0v) is 24.1. The molecule has 0 bridgehead atoms. The largest absolute Gasteiger partial charge is 0.480 e. The minimum absolute atomic E-state index is 0.0208. The zero-order valence-electron chi connectivity index (χ0n) is 24.1. The molecule has 3 amide bonds. The van der Waals surface area contributed by atoms with Crippen LogP contribution >= 0.6 is 0 Å². The van der Waals surface area contributed by atoms with Crippen molar-refractivity contribution in [1.82, 2.24) is 9.80 Å². The van der Waals surface area contributed by atoms with E-state index < -0.39 is 65.7 Å². The summed E-state index contributed by atoms with van der Waals surface area (Å²) in [5, 5.41) is 18.0. The average Bonchev–Trinajstić information content (AvgIpc) is 3.34. The van der Waals surface area contributed by atoms with Gasteiger partial charge in [0.1, 0.15) is 12.1 Å². The van der Waals surface area contributed by atoms with Crippen molar-refractivity contribution < 1.29 is 39.0 Å². The van der Waals surface area contributed by atoms with Gasteiger partial charge in [-0.15, -0.1) is 0 Å². The van der Waals surface area contributed by atoms with Crippen molar-refractivity contribution >= 4 is 35.4 Å². The molecule has 13 heteroatoms. The highest BCUT2D eigenvalue weighted by molar-refractivity contribution is 6.39. The quantitative estimate of drug-likeness (QED) is 0.203. The van der Waals surface area contributed by atoms with E-state index in [4.69, 9.17) is 22.3 Å². The standard InChI is InChI=1S/C21H36N4O6.C5H11NO2/c1-6-8-14(26)19(28)25(17(21(30)31)15(22)11(2)3)18(27)13-9-7-10-24(13)20(29)16(23)12(4)5;1-3(2)4(6)5(7)8/h11-13,15-17H,6-10,22-23H2,1-5H3,(H,30,31);3-4H,6H2,1-2H3,(H,7,8)/t13-,15?,16-,17+;4-/m00/s1. The van der Waals surface area contributed by atoms with E-state index in [1.54, 1.807) is 48.5 Å². The van der Waals surface area contributed by atoms with E-state index in [1.807, 2.05) is 0 Å². The van der Waals surface area contributed by atoms with Gasteiger partial charge in [0.05, 0.1) is 6.04 Å². The molecular weight excluding hydrogens is 510 g/mol. The van der Waals surface area contributed by atoms with Crippen molar-refractivity contribution in [2.75, 3.05) is 6.54 Å². The predicted molar refractivity (Wildman–Crippen MR) is 144 cm³/mol. The van der Waals surface area contributed by atoms with Crippen LogP contribution in [0.15, 0.2) is 0 Å². The maximum Gasteiger partial charge on any atom is 0.328 e. The normalized spacial score (nSPS) is 18.2. The van der Waals surface area contributed by atoms with Gasteiger partial charge in [-0.1, -0.05) is 48.5 Å². The molecule has 0 aliphatic carbocycles. The number of likely N-dealkylation sites (tertiary alicyclic amines) is 1. The Morgan fingerprint density at radius 1 is 0.846 bits per heavy atom. The number of ketones is 1. The second-order valence-electron chi connectivity index (χ2n) is 10.9. The first-order valence-electron chi connectivity index (χ1n) is 13.3. The lowest BCUT2D eigenvalue weighted by Gasteiger charge is -2.36. The van der Waals surface area contributed by atoms with Crippen molar-refractivity contribution in [3.05, 3.63) is 0 Å². The number of aliphatic carboxylic acids is 2. The molecule has 0 aromatic carbocycles. The second kappa shape index (κ2) is 16.3. The highest BCUT2D eigenvalue weighted by Crippen LogP contribution is 2.24. The van der Waals surface area contributed by atoms with E-state index in [1.165, 1.54) is 4.90 Å². The van der Waals surface area contributed by atoms with Gasteiger partial charge in [-0.25, -0.2) is 4.79 Å². The smallest absolute Gasteiger partial charge is 0.328 e. The third-order valence-corrected chi connectivity index (χ3v) is 6.67.